The summed E-state index contributed by atoms with van der Waals surface area (Å²) < 4.78 is 33.0. The third-order valence-corrected chi connectivity index (χ3v) is 4.32. The number of pyridine rings is 1. The van der Waals surface area contributed by atoms with E-state index in [9.17, 15) is 13.6 Å². The molecule has 1 fully saturated rings. The number of nitrogens with one attached hydrogen (secondary N) is 1. The van der Waals surface area contributed by atoms with Crippen molar-refractivity contribution in [1.82, 2.24) is 10.3 Å². The van der Waals surface area contributed by atoms with Crippen molar-refractivity contribution in [3.05, 3.63) is 101 Å². The molecule has 1 aliphatic heterocycles. The third kappa shape index (κ3) is 3.69. The predicted molar refractivity (Wildman–Crippen MR) is 98.1 cm³/mol. The Morgan fingerprint density at radius 2 is 1.75 bits per heavy atom. The third-order valence-electron chi connectivity index (χ3n) is 4.32. The van der Waals surface area contributed by atoms with E-state index < -0.39 is 29.9 Å². The van der Waals surface area contributed by atoms with Crippen molar-refractivity contribution >= 4 is 6.09 Å². The van der Waals surface area contributed by atoms with Crippen molar-refractivity contribution in [2.75, 3.05) is 0 Å². The van der Waals surface area contributed by atoms with Crippen LogP contribution in [0.25, 0.3) is 0 Å². The van der Waals surface area contributed by atoms with Gasteiger partial charge in [0.15, 0.2) is 6.10 Å². The maximum absolute atomic E-state index is 14.2. The quantitative estimate of drug-likeness (QED) is 0.679. The highest BCUT2D eigenvalue weighted by Gasteiger charge is 2.38. The fourth-order valence-electron chi connectivity index (χ4n) is 3.02. The monoisotopic (exact) mass is 376 g/mol. The topological polar surface area (TPSA) is 51.2 Å². The highest BCUT2D eigenvalue weighted by Crippen LogP contribution is 2.37. The second-order valence-electron chi connectivity index (χ2n) is 6.24. The van der Waals surface area contributed by atoms with Gasteiger partial charge in [0.25, 0.3) is 0 Å². The van der Waals surface area contributed by atoms with E-state index in [2.05, 4.69) is 22.1 Å². The molecule has 0 bridgehead atoms. The molecule has 0 aliphatic carbocycles. The Hall–Kier alpha value is -3.72. The number of nitrogens with zero attached hydrogens (tertiary/aromatic N) is 1. The zero-order valence-electron chi connectivity index (χ0n) is 14.5. The van der Waals surface area contributed by atoms with Crippen molar-refractivity contribution in [2.45, 2.75) is 12.1 Å². The first-order chi connectivity index (χ1) is 13.6. The van der Waals surface area contributed by atoms with E-state index in [1.54, 1.807) is 12.3 Å². The van der Waals surface area contributed by atoms with Crippen LogP contribution < -0.4 is 5.32 Å². The summed E-state index contributed by atoms with van der Waals surface area (Å²) >= 11 is 0. The molecule has 1 N–H and O–H groups in total. The number of carbonyl (C=O) groups excluding carboxylic acids is 1. The van der Waals surface area contributed by atoms with Gasteiger partial charge in [-0.2, -0.15) is 0 Å². The second-order valence-corrected chi connectivity index (χ2v) is 6.24. The average molecular weight is 376 g/mol. The molecule has 28 heavy (non-hydrogen) atoms. The number of rotatable bonds is 2. The molecule has 1 aliphatic rings. The van der Waals surface area contributed by atoms with E-state index in [0.29, 0.717) is 11.1 Å². The van der Waals surface area contributed by atoms with E-state index in [1.165, 1.54) is 6.20 Å². The van der Waals surface area contributed by atoms with Gasteiger partial charge in [-0.3, -0.25) is 4.98 Å². The lowest BCUT2D eigenvalue weighted by molar-refractivity contribution is 0.130. The Morgan fingerprint density at radius 3 is 2.57 bits per heavy atom. The molecule has 0 unspecified atom stereocenters. The molecule has 2 aromatic carbocycles. The number of cyclic esters (lactones) is 1. The van der Waals surface area contributed by atoms with Gasteiger partial charge in [0.05, 0.1) is 0 Å². The lowest BCUT2D eigenvalue weighted by Gasteiger charge is -2.18. The van der Waals surface area contributed by atoms with Gasteiger partial charge < -0.3 is 10.1 Å². The van der Waals surface area contributed by atoms with Crippen molar-refractivity contribution in [3.63, 3.8) is 0 Å². The maximum Gasteiger partial charge on any atom is 0.408 e. The molecule has 3 aromatic rings. The van der Waals surface area contributed by atoms with Gasteiger partial charge in [-0.1, -0.05) is 30.0 Å². The van der Waals surface area contributed by atoms with Crippen molar-refractivity contribution in [3.8, 4) is 11.8 Å². The summed E-state index contributed by atoms with van der Waals surface area (Å²) in [6, 6.07) is 13.5. The fourth-order valence-corrected chi connectivity index (χ4v) is 3.02. The summed E-state index contributed by atoms with van der Waals surface area (Å²) in [5.41, 5.74) is 2.02. The molecule has 2 atom stereocenters. The van der Waals surface area contributed by atoms with Gasteiger partial charge >= 0.3 is 6.09 Å². The molecule has 0 spiro atoms. The molecule has 1 amide bonds. The van der Waals surface area contributed by atoms with Crippen LogP contribution >= 0.6 is 0 Å². The number of aromatic nitrogens is 1. The van der Waals surface area contributed by atoms with Gasteiger partial charge in [-0.05, 0) is 42.0 Å². The lowest BCUT2D eigenvalue weighted by Crippen LogP contribution is -2.20. The lowest BCUT2D eigenvalue weighted by atomic mass is 9.96. The van der Waals surface area contributed by atoms with Crippen LogP contribution in [-0.2, 0) is 4.74 Å². The molecular weight excluding hydrogens is 362 g/mol. The molecular formula is C22H14F2N2O2. The Labute approximate surface area is 160 Å². The molecule has 0 radical (unpaired) electrons. The van der Waals surface area contributed by atoms with Gasteiger partial charge in [0, 0.05) is 29.1 Å². The molecule has 4 nitrogen and oxygen atoms in total. The summed E-state index contributed by atoms with van der Waals surface area (Å²) in [7, 11) is 0. The first-order valence-corrected chi connectivity index (χ1v) is 8.54. The number of ether oxygens (including phenoxy) is 1. The number of amides is 1. The molecule has 6 heteroatoms. The van der Waals surface area contributed by atoms with Gasteiger partial charge in [-0.15, -0.1) is 0 Å². The van der Waals surface area contributed by atoms with Crippen LogP contribution in [-0.4, -0.2) is 11.1 Å². The fraction of sp³-hybridized carbons (Fsp3) is 0.0909. The van der Waals surface area contributed by atoms with Crippen LogP contribution in [0.15, 0.2) is 67.0 Å². The number of alkyl carbamates (subject to hydrolysis) is 1. The summed E-state index contributed by atoms with van der Waals surface area (Å²) in [6.45, 7) is 0. The van der Waals surface area contributed by atoms with Crippen LogP contribution in [0, 0.1) is 23.5 Å². The van der Waals surface area contributed by atoms with Gasteiger partial charge in [0.2, 0.25) is 0 Å². The van der Waals surface area contributed by atoms with Crippen molar-refractivity contribution < 1.29 is 18.3 Å². The largest absolute Gasteiger partial charge is 0.439 e. The summed E-state index contributed by atoms with van der Waals surface area (Å²) in [5, 5.41) is 2.63. The first kappa shape index (κ1) is 17.7. The Balaban J connectivity index is 1.67. The number of halogens is 2. The molecule has 1 saturated heterocycles. The Morgan fingerprint density at radius 1 is 0.964 bits per heavy atom. The average Bonchev–Trinajstić information content (AvgIpc) is 3.11. The number of hydrogen-bond donors (Lipinski definition) is 1. The van der Waals surface area contributed by atoms with E-state index in [1.807, 2.05) is 30.3 Å². The molecule has 4 rings (SSSR count). The maximum atomic E-state index is 14.2. The summed E-state index contributed by atoms with van der Waals surface area (Å²) in [6.07, 6.45) is 1.41. The minimum absolute atomic E-state index is 0.0378. The van der Waals surface area contributed by atoms with Crippen LogP contribution in [0.2, 0.25) is 0 Å². The number of hydrogen-bond acceptors (Lipinski definition) is 3. The van der Waals surface area contributed by atoms with E-state index in [0.717, 1.165) is 23.8 Å². The minimum atomic E-state index is -1.01. The Kier molecular flexibility index (Phi) is 4.73. The van der Waals surface area contributed by atoms with E-state index in [-0.39, 0.29) is 5.56 Å². The van der Waals surface area contributed by atoms with Crippen molar-refractivity contribution in [2.24, 2.45) is 0 Å². The van der Waals surface area contributed by atoms with Crippen LogP contribution in [0.5, 0.6) is 0 Å². The molecule has 138 valence electrons. The molecule has 1 aromatic heterocycles. The van der Waals surface area contributed by atoms with Crippen molar-refractivity contribution in [1.29, 1.82) is 0 Å². The molecule has 0 saturated carbocycles. The smallest absolute Gasteiger partial charge is 0.408 e. The summed E-state index contributed by atoms with van der Waals surface area (Å²) in [5.74, 6) is 4.78. The first-order valence-electron chi connectivity index (χ1n) is 8.54. The van der Waals surface area contributed by atoms with Gasteiger partial charge in [0.1, 0.15) is 17.7 Å². The minimum Gasteiger partial charge on any atom is -0.439 e. The number of carbonyl (C=O) groups is 1. The van der Waals surface area contributed by atoms with Crippen LogP contribution in [0.3, 0.4) is 0 Å². The standard InChI is InChI=1S/C22H14F2N2O2/c23-17-8-9-19(24)18(11-17)21-20(26-22(27)28-21)16-10-15(12-25-13-16)7-6-14-4-2-1-3-5-14/h1-5,8-13,20-21H,(H,26,27)/t20-,21-/m0/s1. The highest BCUT2D eigenvalue weighted by molar-refractivity contribution is 5.71. The predicted octanol–water partition coefficient (Wildman–Crippen LogP) is 4.28. The van der Waals surface area contributed by atoms with E-state index in [4.69, 9.17) is 4.74 Å². The number of benzene rings is 2. The van der Waals surface area contributed by atoms with Crippen LogP contribution in [0.1, 0.15) is 34.4 Å². The normalized spacial score (nSPS) is 18.0. The SMILES string of the molecule is O=C1N[C@@H](c2cncc(C#Cc3ccccc3)c2)[C@H](c2cc(F)ccc2F)O1. The Bertz CT molecular complexity index is 1090. The highest BCUT2D eigenvalue weighted by atomic mass is 19.1. The zero-order chi connectivity index (χ0) is 19.5. The van der Waals surface area contributed by atoms with Crippen LogP contribution in [0.4, 0.5) is 13.6 Å². The summed E-state index contributed by atoms with van der Waals surface area (Å²) in [4.78, 5) is 16.0. The van der Waals surface area contributed by atoms with Gasteiger partial charge in [-0.25, -0.2) is 13.6 Å². The second kappa shape index (κ2) is 7.49. The van der Waals surface area contributed by atoms with E-state index >= 15 is 0 Å². The zero-order valence-corrected chi connectivity index (χ0v) is 14.5. The molecule has 2 heterocycles.